The van der Waals surface area contributed by atoms with E-state index < -0.39 is 0 Å². The number of rotatable bonds is 5. The highest BCUT2D eigenvalue weighted by molar-refractivity contribution is 5.35. The lowest BCUT2D eigenvalue weighted by molar-refractivity contribution is 0.317. The first-order valence-corrected chi connectivity index (χ1v) is 8.90. The zero-order valence-electron chi connectivity index (χ0n) is 14.3. The maximum absolute atomic E-state index is 6.07. The van der Waals surface area contributed by atoms with Gasteiger partial charge >= 0.3 is 0 Å². The van der Waals surface area contributed by atoms with Crippen molar-refractivity contribution in [3.8, 4) is 5.69 Å². The highest BCUT2D eigenvalue weighted by Gasteiger charge is 2.32. The van der Waals surface area contributed by atoms with E-state index >= 15 is 0 Å². The van der Waals surface area contributed by atoms with Crippen molar-refractivity contribution >= 4 is 0 Å². The number of benzene rings is 2. The predicted octanol–water partition coefficient (Wildman–Crippen LogP) is 3.05. The maximum atomic E-state index is 6.07. The summed E-state index contributed by atoms with van der Waals surface area (Å²) < 4.78 is 1.91. The lowest BCUT2D eigenvalue weighted by Gasteiger charge is -2.17. The van der Waals surface area contributed by atoms with Crippen molar-refractivity contribution in [1.29, 1.82) is 0 Å². The van der Waals surface area contributed by atoms with E-state index in [1.807, 2.05) is 23.1 Å². The fraction of sp³-hybridized carbons (Fsp3) is 0.286. The monoisotopic (exact) mass is 332 g/mol. The van der Waals surface area contributed by atoms with Crippen LogP contribution in [0.5, 0.6) is 0 Å². The van der Waals surface area contributed by atoms with Gasteiger partial charge in [-0.3, -0.25) is 4.90 Å². The Morgan fingerprint density at radius 3 is 2.64 bits per heavy atom. The Kier molecular flexibility index (Phi) is 4.63. The van der Waals surface area contributed by atoms with Gasteiger partial charge in [-0.2, -0.15) is 5.10 Å². The third-order valence-electron chi connectivity index (χ3n) is 5.13. The van der Waals surface area contributed by atoms with Crippen LogP contribution in [0.25, 0.3) is 5.69 Å². The van der Waals surface area contributed by atoms with E-state index in [9.17, 15) is 0 Å². The average molecular weight is 332 g/mol. The molecular formula is C21H24N4. The van der Waals surface area contributed by atoms with E-state index in [1.54, 1.807) is 0 Å². The van der Waals surface area contributed by atoms with Gasteiger partial charge in [0.2, 0.25) is 0 Å². The summed E-state index contributed by atoms with van der Waals surface area (Å²) in [6.07, 6.45) is 3.79. The largest absolute Gasteiger partial charge is 0.330 e. The number of aromatic nitrogens is 2. The first-order valence-electron chi connectivity index (χ1n) is 8.90. The predicted molar refractivity (Wildman–Crippen MR) is 101 cm³/mol. The first-order chi connectivity index (χ1) is 12.3. The van der Waals surface area contributed by atoms with Gasteiger partial charge in [0.25, 0.3) is 0 Å². The van der Waals surface area contributed by atoms with Crippen LogP contribution in [0, 0.1) is 5.92 Å². The minimum Gasteiger partial charge on any atom is -0.330 e. The summed E-state index contributed by atoms with van der Waals surface area (Å²) in [7, 11) is 0. The topological polar surface area (TPSA) is 47.1 Å². The minimum absolute atomic E-state index is 0.525. The summed E-state index contributed by atoms with van der Waals surface area (Å²) in [6.45, 7) is 3.82. The number of hydrogen-bond donors (Lipinski definition) is 1. The summed E-state index contributed by atoms with van der Waals surface area (Å²) in [4.78, 5) is 2.53. The molecule has 1 aliphatic heterocycles. The quantitative estimate of drug-likeness (QED) is 0.781. The van der Waals surface area contributed by atoms with Gasteiger partial charge in [0.15, 0.2) is 0 Å². The third kappa shape index (κ3) is 3.50. The van der Waals surface area contributed by atoms with Crippen molar-refractivity contribution in [2.75, 3.05) is 19.6 Å². The molecule has 1 aliphatic rings. The van der Waals surface area contributed by atoms with Crippen molar-refractivity contribution in [2.45, 2.75) is 12.5 Å². The molecule has 0 spiro atoms. The molecule has 1 saturated heterocycles. The van der Waals surface area contributed by atoms with Gasteiger partial charge in [-0.25, -0.2) is 4.68 Å². The molecule has 4 nitrogen and oxygen atoms in total. The molecule has 3 aromatic rings. The molecule has 0 saturated carbocycles. The summed E-state index contributed by atoms with van der Waals surface area (Å²) in [6, 6.07) is 21.4. The number of nitrogens with two attached hydrogens (primary N) is 1. The molecular weight excluding hydrogens is 308 g/mol. The van der Waals surface area contributed by atoms with E-state index in [-0.39, 0.29) is 0 Å². The molecule has 2 N–H and O–H groups in total. The van der Waals surface area contributed by atoms with Gasteiger partial charge in [0, 0.05) is 37.9 Å². The van der Waals surface area contributed by atoms with Crippen LogP contribution in [0.15, 0.2) is 73.1 Å². The molecule has 2 heterocycles. The normalized spacial score (nSPS) is 20.8. The zero-order chi connectivity index (χ0) is 17.1. The Labute approximate surface area is 148 Å². The molecule has 128 valence electrons. The van der Waals surface area contributed by atoms with Crippen LogP contribution < -0.4 is 5.73 Å². The van der Waals surface area contributed by atoms with E-state index in [4.69, 9.17) is 5.73 Å². The van der Waals surface area contributed by atoms with Gasteiger partial charge in [-0.15, -0.1) is 0 Å². The number of hydrogen-bond acceptors (Lipinski definition) is 3. The average Bonchev–Trinajstić information content (AvgIpc) is 3.32. The van der Waals surface area contributed by atoms with Crippen molar-refractivity contribution < 1.29 is 0 Å². The van der Waals surface area contributed by atoms with E-state index in [0.29, 0.717) is 11.8 Å². The summed E-state index contributed by atoms with van der Waals surface area (Å²) in [5.41, 5.74) is 9.90. The van der Waals surface area contributed by atoms with Crippen LogP contribution in [0.1, 0.15) is 17.0 Å². The molecule has 2 atom stereocenters. The van der Waals surface area contributed by atoms with E-state index in [1.165, 1.54) is 11.1 Å². The van der Waals surface area contributed by atoms with Crippen LogP contribution in [0.4, 0.5) is 0 Å². The van der Waals surface area contributed by atoms with Crippen molar-refractivity contribution in [2.24, 2.45) is 11.7 Å². The molecule has 1 aromatic heterocycles. The first kappa shape index (κ1) is 16.1. The van der Waals surface area contributed by atoms with Crippen molar-refractivity contribution in [3.05, 3.63) is 84.2 Å². The Balaban J connectivity index is 1.49. The Morgan fingerprint density at radius 1 is 1.00 bits per heavy atom. The third-order valence-corrected chi connectivity index (χ3v) is 5.13. The van der Waals surface area contributed by atoms with Crippen LogP contribution in [-0.4, -0.2) is 34.3 Å². The van der Waals surface area contributed by atoms with Crippen molar-refractivity contribution in [1.82, 2.24) is 14.7 Å². The molecule has 1 fully saturated rings. The van der Waals surface area contributed by atoms with Gasteiger partial charge in [0.1, 0.15) is 0 Å². The summed E-state index contributed by atoms with van der Waals surface area (Å²) in [5, 5.41) is 4.32. The second-order valence-electron chi connectivity index (χ2n) is 6.83. The molecule has 25 heavy (non-hydrogen) atoms. The van der Waals surface area contributed by atoms with Crippen LogP contribution in [0.2, 0.25) is 0 Å². The number of nitrogens with zero attached hydrogens (tertiary/aromatic N) is 3. The molecule has 0 bridgehead atoms. The Hall–Kier alpha value is -2.43. The lowest BCUT2D eigenvalue weighted by atomic mass is 9.89. The molecule has 0 aliphatic carbocycles. The fourth-order valence-electron chi connectivity index (χ4n) is 3.88. The minimum atomic E-state index is 0.525. The highest BCUT2D eigenvalue weighted by atomic mass is 15.3. The molecule has 0 radical (unpaired) electrons. The Bertz CT molecular complexity index is 798. The van der Waals surface area contributed by atoms with Crippen molar-refractivity contribution in [3.63, 3.8) is 0 Å². The van der Waals surface area contributed by atoms with Gasteiger partial charge in [0.05, 0.1) is 5.69 Å². The lowest BCUT2D eigenvalue weighted by Crippen LogP contribution is -2.23. The van der Waals surface area contributed by atoms with E-state index in [0.717, 1.165) is 31.9 Å². The second-order valence-corrected chi connectivity index (χ2v) is 6.83. The second kappa shape index (κ2) is 7.21. The number of likely N-dealkylation sites (tertiary alicyclic amines) is 1. The fourth-order valence-corrected chi connectivity index (χ4v) is 3.88. The van der Waals surface area contributed by atoms with Gasteiger partial charge in [-0.1, -0.05) is 42.5 Å². The smallest absolute Gasteiger partial charge is 0.0648 e. The molecule has 0 unspecified atom stereocenters. The maximum Gasteiger partial charge on any atom is 0.0648 e. The Morgan fingerprint density at radius 2 is 1.88 bits per heavy atom. The van der Waals surface area contributed by atoms with E-state index in [2.05, 4.69) is 64.6 Å². The van der Waals surface area contributed by atoms with Gasteiger partial charge < -0.3 is 5.73 Å². The van der Waals surface area contributed by atoms with Gasteiger partial charge in [-0.05, 0) is 41.8 Å². The SMILES string of the molecule is NC[C@@H]1CN(Cc2cccc(-n3cccn3)c2)C[C@H]1c1ccccc1. The van der Waals surface area contributed by atoms with Crippen LogP contribution in [-0.2, 0) is 6.54 Å². The highest BCUT2D eigenvalue weighted by Crippen LogP contribution is 2.32. The summed E-state index contributed by atoms with van der Waals surface area (Å²) >= 11 is 0. The van der Waals surface area contributed by atoms with Crippen LogP contribution in [0.3, 0.4) is 0 Å². The van der Waals surface area contributed by atoms with Crippen LogP contribution >= 0.6 is 0 Å². The molecule has 0 amide bonds. The standard InChI is InChI=1S/C21H24N4/c22-13-19-15-24(16-21(19)18-7-2-1-3-8-18)14-17-6-4-9-20(12-17)25-11-5-10-23-25/h1-12,19,21H,13-16,22H2/t19-,21+/m1/s1. The summed E-state index contributed by atoms with van der Waals surface area (Å²) in [5.74, 6) is 1.05. The zero-order valence-corrected chi connectivity index (χ0v) is 14.3. The molecule has 4 heteroatoms. The molecule has 2 aromatic carbocycles. The molecule has 4 rings (SSSR count).